The van der Waals surface area contributed by atoms with Gasteiger partial charge in [0.25, 0.3) is 0 Å². The first-order valence-corrected chi connectivity index (χ1v) is 5.11. The Balaban J connectivity index is 2.18. The van der Waals surface area contributed by atoms with E-state index in [2.05, 4.69) is 0 Å². The lowest BCUT2D eigenvalue weighted by Crippen LogP contribution is -1.87. The van der Waals surface area contributed by atoms with Gasteiger partial charge in [-0.15, -0.1) is 0 Å². The predicted octanol–water partition coefficient (Wildman–Crippen LogP) is 4.07. The molecule has 15 heavy (non-hydrogen) atoms. The first kappa shape index (κ1) is 10.2. The van der Waals surface area contributed by atoms with Crippen LogP contribution in [0.3, 0.4) is 0 Å². The molecule has 0 heterocycles. The molecule has 0 bridgehead atoms. The van der Waals surface area contributed by atoms with Crippen LogP contribution < -0.4 is 0 Å². The Hall–Kier alpha value is -1.34. The van der Waals surface area contributed by atoms with Crippen LogP contribution in [0.2, 0.25) is 5.02 Å². The van der Waals surface area contributed by atoms with Gasteiger partial charge in [-0.1, -0.05) is 35.9 Å². The summed E-state index contributed by atoms with van der Waals surface area (Å²) in [6.45, 7) is 0. The Bertz CT molecular complexity index is 448. The monoisotopic (exact) mass is 220 g/mol. The molecule has 76 valence electrons. The van der Waals surface area contributed by atoms with Gasteiger partial charge in [-0.3, -0.25) is 0 Å². The lowest BCUT2D eigenvalue weighted by Gasteiger charge is -2.02. The minimum Gasteiger partial charge on any atom is -0.207 e. The SMILES string of the molecule is Fc1ccc(Cc2cccc(Cl)c2)cc1. The number of halogens is 2. The average molecular weight is 221 g/mol. The molecule has 0 N–H and O–H groups in total. The maximum Gasteiger partial charge on any atom is 0.123 e. The van der Waals surface area contributed by atoms with E-state index in [1.807, 2.05) is 24.3 Å². The molecule has 0 radical (unpaired) electrons. The van der Waals surface area contributed by atoms with Gasteiger partial charge in [0.15, 0.2) is 0 Å². The van der Waals surface area contributed by atoms with Crippen LogP contribution in [0.15, 0.2) is 48.5 Å². The second kappa shape index (κ2) is 4.45. The highest BCUT2D eigenvalue weighted by Crippen LogP contribution is 2.14. The molecular weight excluding hydrogens is 211 g/mol. The Kier molecular flexibility index (Phi) is 3.02. The molecule has 0 unspecified atom stereocenters. The van der Waals surface area contributed by atoms with E-state index in [9.17, 15) is 4.39 Å². The van der Waals surface area contributed by atoms with Gasteiger partial charge in [0.2, 0.25) is 0 Å². The van der Waals surface area contributed by atoms with Crippen LogP contribution in [0.25, 0.3) is 0 Å². The Morgan fingerprint density at radius 1 is 0.933 bits per heavy atom. The lowest BCUT2D eigenvalue weighted by atomic mass is 10.1. The number of hydrogen-bond donors (Lipinski definition) is 0. The van der Waals surface area contributed by atoms with E-state index in [0.29, 0.717) is 0 Å². The molecule has 0 amide bonds. The summed E-state index contributed by atoms with van der Waals surface area (Å²) >= 11 is 5.88. The van der Waals surface area contributed by atoms with Gasteiger partial charge in [0.1, 0.15) is 5.82 Å². The third-order valence-corrected chi connectivity index (χ3v) is 2.45. The van der Waals surface area contributed by atoms with E-state index in [0.717, 1.165) is 22.6 Å². The number of rotatable bonds is 2. The Morgan fingerprint density at radius 2 is 1.67 bits per heavy atom. The smallest absolute Gasteiger partial charge is 0.123 e. The van der Waals surface area contributed by atoms with Gasteiger partial charge in [0, 0.05) is 5.02 Å². The second-order valence-electron chi connectivity index (χ2n) is 3.43. The lowest BCUT2D eigenvalue weighted by molar-refractivity contribution is 0.627. The van der Waals surface area contributed by atoms with Gasteiger partial charge >= 0.3 is 0 Å². The highest BCUT2D eigenvalue weighted by molar-refractivity contribution is 6.30. The third kappa shape index (κ3) is 2.80. The Labute approximate surface area is 93.3 Å². The molecule has 0 atom stereocenters. The maximum absolute atomic E-state index is 12.7. The molecule has 0 aromatic heterocycles. The molecule has 0 nitrogen and oxygen atoms in total. The van der Waals surface area contributed by atoms with E-state index in [4.69, 9.17) is 11.6 Å². The highest BCUT2D eigenvalue weighted by Gasteiger charge is 1.97. The van der Waals surface area contributed by atoms with Crippen molar-refractivity contribution in [2.75, 3.05) is 0 Å². The standard InChI is InChI=1S/C13H10ClF/c14-12-3-1-2-11(9-12)8-10-4-6-13(15)7-5-10/h1-7,9H,8H2. The summed E-state index contributed by atoms with van der Waals surface area (Å²) < 4.78 is 12.7. The van der Waals surface area contributed by atoms with Gasteiger partial charge in [-0.05, 0) is 41.8 Å². The molecule has 2 heteroatoms. The first-order chi connectivity index (χ1) is 7.24. The quantitative estimate of drug-likeness (QED) is 0.716. The van der Waals surface area contributed by atoms with E-state index < -0.39 is 0 Å². The van der Waals surface area contributed by atoms with Gasteiger partial charge in [-0.2, -0.15) is 0 Å². The topological polar surface area (TPSA) is 0 Å². The molecule has 0 aliphatic heterocycles. The van der Waals surface area contributed by atoms with E-state index in [-0.39, 0.29) is 5.82 Å². The summed E-state index contributed by atoms with van der Waals surface area (Å²) in [4.78, 5) is 0. The normalized spacial score (nSPS) is 10.3. The fourth-order valence-corrected chi connectivity index (χ4v) is 1.70. The molecule has 0 spiro atoms. The van der Waals surface area contributed by atoms with Gasteiger partial charge in [0.05, 0.1) is 0 Å². The highest BCUT2D eigenvalue weighted by atomic mass is 35.5. The minimum atomic E-state index is -0.204. The third-order valence-electron chi connectivity index (χ3n) is 2.21. The van der Waals surface area contributed by atoms with Crippen LogP contribution in [0.1, 0.15) is 11.1 Å². The summed E-state index contributed by atoms with van der Waals surface area (Å²) in [5.41, 5.74) is 2.22. The molecule has 2 aromatic carbocycles. The molecule has 0 aliphatic rings. The molecule has 0 saturated heterocycles. The van der Waals surface area contributed by atoms with Crippen LogP contribution in [0.5, 0.6) is 0 Å². The van der Waals surface area contributed by atoms with Gasteiger partial charge in [-0.25, -0.2) is 4.39 Å². The first-order valence-electron chi connectivity index (χ1n) is 4.73. The van der Waals surface area contributed by atoms with E-state index in [1.165, 1.54) is 12.1 Å². The van der Waals surface area contributed by atoms with Crippen molar-refractivity contribution >= 4 is 11.6 Å². The Morgan fingerprint density at radius 3 is 2.33 bits per heavy atom. The van der Waals surface area contributed by atoms with Crippen molar-refractivity contribution in [1.82, 2.24) is 0 Å². The van der Waals surface area contributed by atoms with Crippen molar-refractivity contribution < 1.29 is 4.39 Å². The van der Waals surface area contributed by atoms with Crippen molar-refractivity contribution in [3.05, 3.63) is 70.5 Å². The minimum absolute atomic E-state index is 0.204. The fraction of sp³-hybridized carbons (Fsp3) is 0.0769. The molecule has 2 aromatic rings. The van der Waals surface area contributed by atoms with Crippen LogP contribution >= 0.6 is 11.6 Å². The van der Waals surface area contributed by atoms with Crippen LogP contribution in [0, 0.1) is 5.82 Å². The predicted molar refractivity (Wildman–Crippen MR) is 60.7 cm³/mol. The average Bonchev–Trinajstić information content (AvgIpc) is 2.22. The number of benzene rings is 2. The van der Waals surface area contributed by atoms with Crippen molar-refractivity contribution in [2.45, 2.75) is 6.42 Å². The van der Waals surface area contributed by atoms with Crippen molar-refractivity contribution in [2.24, 2.45) is 0 Å². The fourth-order valence-electron chi connectivity index (χ4n) is 1.48. The second-order valence-corrected chi connectivity index (χ2v) is 3.87. The van der Waals surface area contributed by atoms with Crippen molar-refractivity contribution in [3.8, 4) is 0 Å². The van der Waals surface area contributed by atoms with Gasteiger partial charge < -0.3 is 0 Å². The summed E-state index contributed by atoms with van der Waals surface area (Å²) in [5, 5.41) is 0.731. The zero-order chi connectivity index (χ0) is 10.7. The largest absolute Gasteiger partial charge is 0.207 e. The molecule has 0 saturated carbocycles. The van der Waals surface area contributed by atoms with E-state index >= 15 is 0 Å². The van der Waals surface area contributed by atoms with Crippen molar-refractivity contribution in [3.63, 3.8) is 0 Å². The molecule has 0 aliphatic carbocycles. The number of hydrogen-bond acceptors (Lipinski definition) is 0. The molecule has 2 rings (SSSR count). The summed E-state index contributed by atoms with van der Waals surface area (Å²) in [6.07, 6.45) is 0.779. The molecule has 0 fully saturated rings. The van der Waals surface area contributed by atoms with Crippen molar-refractivity contribution in [1.29, 1.82) is 0 Å². The zero-order valence-electron chi connectivity index (χ0n) is 8.08. The maximum atomic E-state index is 12.7. The van der Waals surface area contributed by atoms with Crippen LogP contribution in [-0.4, -0.2) is 0 Å². The van der Waals surface area contributed by atoms with Crippen LogP contribution in [-0.2, 0) is 6.42 Å². The summed E-state index contributed by atoms with van der Waals surface area (Å²) in [5.74, 6) is -0.204. The summed E-state index contributed by atoms with van der Waals surface area (Å²) in [6, 6.07) is 14.2. The van der Waals surface area contributed by atoms with Crippen LogP contribution in [0.4, 0.5) is 4.39 Å². The zero-order valence-corrected chi connectivity index (χ0v) is 8.84. The molecular formula is C13H10ClF. The summed E-state index contributed by atoms with van der Waals surface area (Å²) in [7, 11) is 0. The van der Waals surface area contributed by atoms with E-state index in [1.54, 1.807) is 12.1 Å².